The van der Waals surface area contributed by atoms with E-state index in [-0.39, 0.29) is 5.91 Å². The second-order valence-corrected chi connectivity index (χ2v) is 10.2. The van der Waals surface area contributed by atoms with E-state index in [9.17, 15) is 9.90 Å². The lowest BCUT2D eigenvalue weighted by Gasteiger charge is -2.27. The summed E-state index contributed by atoms with van der Waals surface area (Å²) in [5.41, 5.74) is -0.0425. The third kappa shape index (κ3) is 5.66. The van der Waals surface area contributed by atoms with Gasteiger partial charge in [0, 0.05) is 25.9 Å². The minimum absolute atomic E-state index is 0.267. The van der Waals surface area contributed by atoms with Gasteiger partial charge in [-0.25, -0.2) is 4.98 Å². The van der Waals surface area contributed by atoms with Gasteiger partial charge >= 0.3 is 0 Å². The molecule has 1 saturated heterocycles. The highest BCUT2D eigenvalue weighted by Crippen LogP contribution is 2.37. The van der Waals surface area contributed by atoms with Gasteiger partial charge in [-0.05, 0) is 50.7 Å². The van der Waals surface area contributed by atoms with Gasteiger partial charge in [-0.2, -0.15) is 0 Å². The number of carbonyl (C=O) groups is 1. The molecule has 5 nitrogen and oxygen atoms in total. The number of ether oxygens (including phenoxy) is 1. The summed E-state index contributed by atoms with van der Waals surface area (Å²) in [5, 5.41) is 12.2. The number of aryl methyl sites for hydroxylation is 1. The minimum atomic E-state index is -0.958. The van der Waals surface area contributed by atoms with Crippen LogP contribution in [0, 0.1) is 12.8 Å². The van der Waals surface area contributed by atoms with Crippen molar-refractivity contribution in [2.45, 2.75) is 76.9 Å². The Balaban J connectivity index is 1.36. The summed E-state index contributed by atoms with van der Waals surface area (Å²) in [4.78, 5) is 20.6. The fourth-order valence-electron chi connectivity index (χ4n) is 4.78. The van der Waals surface area contributed by atoms with Gasteiger partial charge < -0.3 is 14.7 Å². The monoisotopic (exact) mass is 442 g/mol. The van der Waals surface area contributed by atoms with Crippen molar-refractivity contribution in [1.29, 1.82) is 0 Å². The van der Waals surface area contributed by atoms with Crippen LogP contribution in [0.3, 0.4) is 0 Å². The highest BCUT2D eigenvalue weighted by Gasteiger charge is 2.36. The molecule has 6 heteroatoms. The van der Waals surface area contributed by atoms with E-state index in [1.165, 1.54) is 32.1 Å². The molecule has 4 rings (SSSR count). The quantitative estimate of drug-likeness (QED) is 0.668. The molecule has 2 aromatic rings. The molecule has 1 saturated carbocycles. The smallest absolute Gasteiger partial charge is 0.222 e. The number of hydrogen-bond acceptors (Lipinski definition) is 5. The van der Waals surface area contributed by atoms with Gasteiger partial charge in [0.2, 0.25) is 5.91 Å². The van der Waals surface area contributed by atoms with Crippen molar-refractivity contribution in [1.82, 2.24) is 9.88 Å². The van der Waals surface area contributed by atoms with Crippen LogP contribution in [0.1, 0.15) is 73.4 Å². The molecular weight excluding hydrogens is 408 g/mol. The van der Waals surface area contributed by atoms with E-state index in [1.54, 1.807) is 11.3 Å². The van der Waals surface area contributed by atoms with Crippen molar-refractivity contribution in [3.8, 4) is 5.75 Å². The zero-order chi connectivity index (χ0) is 21.7. The van der Waals surface area contributed by atoms with Crippen molar-refractivity contribution < 1.29 is 14.6 Å². The highest BCUT2D eigenvalue weighted by molar-refractivity contribution is 7.11. The first-order chi connectivity index (χ1) is 15.0. The van der Waals surface area contributed by atoms with Crippen LogP contribution in [0.25, 0.3) is 0 Å². The molecule has 2 aliphatic rings. The second-order valence-electron chi connectivity index (χ2n) is 9.10. The van der Waals surface area contributed by atoms with Gasteiger partial charge in [0.1, 0.15) is 23.0 Å². The third-order valence-electron chi connectivity index (χ3n) is 6.76. The van der Waals surface area contributed by atoms with Gasteiger partial charge in [0.05, 0.1) is 10.6 Å². The molecule has 1 aromatic carbocycles. The van der Waals surface area contributed by atoms with Gasteiger partial charge in [0.15, 0.2) is 0 Å². The molecule has 168 valence electrons. The van der Waals surface area contributed by atoms with Crippen LogP contribution >= 0.6 is 11.3 Å². The van der Waals surface area contributed by atoms with Crippen molar-refractivity contribution in [3.05, 3.63) is 45.9 Å². The Hall–Kier alpha value is -1.92. The number of benzene rings is 1. The topological polar surface area (TPSA) is 62.7 Å². The summed E-state index contributed by atoms with van der Waals surface area (Å²) in [6.45, 7) is 3.78. The van der Waals surface area contributed by atoms with E-state index in [4.69, 9.17) is 9.72 Å². The van der Waals surface area contributed by atoms with Crippen molar-refractivity contribution in [2.24, 2.45) is 5.92 Å². The Morgan fingerprint density at radius 3 is 2.71 bits per heavy atom. The first-order valence-electron chi connectivity index (χ1n) is 11.7. The summed E-state index contributed by atoms with van der Waals surface area (Å²) < 4.78 is 5.89. The van der Waals surface area contributed by atoms with E-state index in [2.05, 4.69) is 0 Å². The number of aliphatic hydroxyl groups is 1. The Morgan fingerprint density at radius 2 is 1.94 bits per heavy atom. The largest absolute Gasteiger partial charge is 0.488 e. The first-order valence-corrected chi connectivity index (χ1v) is 12.5. The Kier molecular flexibility index (Phi) is 7.28. The lowest BCUT2D eigenvalue weighted by Crippen LogP contribution is -2.35. The van der Waals surface area contributed by atoms with E-state index >= 15 is 0 Å². The maximum atomic E-state index is 12.9. The first kappa shape index (κ1) is 22.3. The number of para-hydroxylation sites is 1. The zero-order valence-corrected chi connectivity index (χ0v) is 19.3. The number of hydrogen-bond donors (Lipinski definition) is 1. The molecule has 1 aromatic heterocycles. The molecule has 0 spiro atoms. The molecule has 0 bridgehead atoms. The highest BCUT2D eigenvalue weighted by atomic mass is 32.1. The van der Waals surface area contributed by atoms with Gasteiger partial charge in [-0.15, -0.1) is 11.3 Å². The molecule has 1 N–H and O–H groups in total. The van der Waals surface area contributed by atoms with Crippen LogP contribution in [0.4, 0.5) is 0 Å². The van der Waals surface area contributed by atoms with Crippen molar-refractivity contribution >= 4 is 17.2 Å². The SMILES string of the molecule is Cc1nc([C@@]2(O)CCCN(C(=O)CC3CCCCC3)CC2)sc1COc1ccccc1. The van der Waals surface area contributed by atoms with E-state index in [0.717, 1.165) is 34.3 Å². The van der Waals surface area contributed by atoms with Crippen LogP contribution < -0.4 is 4.74 Å². The molecule has 0 unspecified atom stereocenters. The number of rotatable bonds is 6. The standard InChI is InChI=1S/C25H34N2O3S/c1-19-22(18-30-21-11-6-3-7-12-21)31-24(26-19)25(29)13-8-15-27(16-14-25)23(28)17-20-9-4-2-5-10-20/h3,6-7,11-12,20,29H,2,4-5,8-10,13-18H2,1H3/t25-/m1/s1. The lowest BCUT2D eigenvalue weighted by molar-refractivity contribution is -0.132. The summed E-state index contributed by atoms with van der Waals surface area (Å²) in [6, 6.07) is 9.75. The second kappa shape index (κ2) is 10.1. The summed E-state index contributed by atoms with van der Waals surface area (Å²) in [7, 11) is 0. The number of likely N-dealkylation sites (tertiary alicyclic amines) is 1. The van der Waals surface area contributed by atoms with Gasteiger partial charge in [-0.1, -0.05) is 37.5 Å². The van der Waals surface area contributed by atoms with E-state index < -0.39 is 5.60 Å². The molecule has 2 heterocycles. The van der Waals surface area contributed by atoms with Gasteiger partial charge in [0.25, 0.3) is 0 Å². The number of thiazole rings is 1. The Labute approximate surface area is 189 Å². The van der Waals surface area contributed by atoms with E-state index in [0.29, 0.717) is 38.3 Å². The maximum absolute atomic E-state index is 12.9. The molecule has 1 aliphatic heterocycles. The normalized spacial score (nSPS) is 22.8. The lowest BCUT2D eigenvalue weighted by atomic mass is 9.86. The summed E-state index contributed by atoms with van der Waals surface area (Å²) >= 11 is 1.54. The number of carbonyl (C=O) groups excluding carboxylic acids is 1. The molecule has 31 heavy (non-hydrogen) atoms. The van der Waals surface area contributed by atoms with Crippen LogP contribution in [0.5, 0.6) is 5.75 Å². The number of nitrogens with zero attached hydrogens (tertiary/aromatic N) is 2. The fourth-order valence-corrected chi connectivity index (χ4v) is 5.90. The van der Waals surface area contributed by atoms with Crippen LogP contribution in [0.2, 0.25) is 0 Å². The Bertz CT molecular complexity index is 863. The zero-order valence-electron chi connectivity index (χ0n) is 18.5. The molecule has 1 aliphatic carbocycles. The Morgan fingerprint density at radius 1 is 1.16 bits per heavy atom. The van der Waals surface area contributed by atoms with Crippen LogP contribution in [-0.4, -0.2) is 34.0 Å². The van der Waals surface area contributed by atoms with Crippen molar-refractivity contribution in [3.63, 3.8) is 0 Å². The number of aromatic nitrogens is 1. The average molecular weight is 443 g/mol. The molecule has 2 fully saturated rings. The third-order valence-corrected chi connectivity index (χ3v) is 8.08. The molecule has 1 atom stereocenters. The summed E-state index contributed by atoms with van der Waals surface area (Å²) in [6.07, 6.45) is 8.89. The predicted molar refractivity (Wildman–Crippen MR) is 123 cm³/mol. The average Bonchev–Trinajstić information content (AvgIpc) is 3.04. The van der Waals surface area contributed by atoms with Gasteiger partial charge in [-0.3, -0.25) is 4.79 Å². The molecular formula is C25H34N2O3S. The fraction of sp³-hybridized carbons (Fsp3) is 0.600. The number of amides is 1. The van der Waals surface area contributed by atoms with Crippen LogP contribution in [0.15, 0.2) is 30.3 Å². The molecule has 1 amide bonds. The van der Waals surface area contributed by atoms with Crippen LogP contribution in [-0.2, 0) is 17.0 Å². The van der Waals surface area contributed by atoms with Crippen molar-refractivity contribution in [2.75, 3.05) is 13.1 Å². The minimum Gasteiger partial charge on any atom is -0.488 e. The molecule has 0 radical (unpaired) electrons. The maximum Gasteiger partial charge on any atom is 0.222 e. The predicted octanol–water partition coefficient (Wildman–Crippen LogP) is 5.20. The summed E-state index contributed by atoms with van der Waals surface area (Å²) in [5.74, 6) is 1.65. The van der Waals surface area contributed by atoms with E-state index in [1.807, 2.05) is 42.2 Å².